The van der Waals surface area contributed by atoms with Gasteiger partial charge in [0.05, 0.1) is 23.1 Å². The van der Waals surface area contributed by atoms with E-state index in [1.54, 1.807) is 26.8 Å². The Morgan fingerprint density at radius 3 is 2.48 bits per heavy atom. The van der Waals surface area contributed by atoms with E-state index in [1.807, 2.05) is 0 Å². The number of hydrogen-bond acceptors (Lipinski definition) is 8. The molecule has 1 aromatic carbocycles. The lowest BCUT2D eigenvalue weighted by Gasteiger charge is -2.28. The number of nitrogens with two attached hydrogens (primary N) is 1. The van der Waals surface area contributed by atoms with Crippen LogP contribution in [0, 0.1) is 21.4 Å². The summed E-state index contributed by atoms with van der Waals surface area (Å²) in [6.45, 7) is 3.96. The highest BCUT2D eigenvalue weighted by Gasteiger charge is 2.45. The normalized spacial score (nSPS) is 13.2. The first kappa shape index (κ1) is 19.9. The molecule has 0 spiro atoms. The molecule has 4 N–H and O–H groups in total. The van der Waals surface area contributed by atoms with E-state index in [4.69, 9.17) is 15.7 Å². The van der Waals surface area contributed by atoms with Gasteiger partial charge >= 0.3 is 11.9 Å². The van der Waals surface area contributed by atoms with Crippen LogP contribution in [0.2, 0.25) is 0 Å². The van der Waals surface area contributed by atoms with Gasteiger partial charge in [0, 0.05) is 6.07 Å². The molecule has 0 amide bonds. The summed E-state index contributed by atoms with van der Waals surface area (Å²) < 4.78 is 5.00. The standard InChI is InChI=1S/C15H18N4O6/c1-14(2,3)25-13(22)15(17,12(20)21)8-18-10-6-9(7-16)4-5-11(10)19(23)24/h4-6,18H,8,17H2,1-3H3,(H,20,21)/t15-/m0/s1. The van der Waals surface area contributed by atoms with E-state index in [2.05, 4.69) is 5.32 Å². The van der Waals surface area contributed by atoms with Crippen LogP contribution in [0.5, 0.6) is 0 Å². The first-order valence-corrected chi connectivity index (χ1v) is 7.09. The van der Waals surface area contributed by atoms with Gasteiger partial charge in [-0.15, -0.1) is 0 Å². The summed E-state index contributed by atoms with van der Waals surface area (Å²) in [5.74, 6) is -2.85. The number of nitrogens with zero attached hydrogens (tertiary/aromatic N) is 2. The number of carbonyl (C=O) groups excluding carboxylic acids is 1. The Morgan fingerprint density at radius 2 is 2.04 bits per heavy atom. The third-order valence-corrected chi connectivity index (χ3v) is 3.02. The number of esters is 1. The molecule has 0 aliphatic heterocycles. The van der Waals surface area contributed by atoms with Crippen LogP contribution >= 0.6 is 0 Å². The van der Waals surface area contributed by atoms with Crippen molar-refractivity contribution < 1.29 is 24.4 Å². The highest BCUT2D eigenvalue weighted by molar-refractivity contribution is 6.04. The van der Waals surface area contributed by atoms with E-state index in [9.17, 15) is 24.8 Å². The summed E-state index contributed by atoms with van der Waals surface area (Å²) in [6, 6.07) is 5.30. The minimum Gasteiger partial charge on any atom is -0.479 e. The Hall–Kier alpha value is -3.19. The number of hydrogen-bond donors (Lipinski definition) is 3. The van der Waals surface area contributed by atoms with Gasteiger partial charge in [-0.1, -0.05) is 0 Å². The molecule has 0 radical (unpaired) electrons. The summed E-state index contributed by atoms with van der Waals surface area (Å²) >= 11 is 0. The van der Waals surface area contributed by atoms with Crippen LogP contribution in [0.3, 0.4) is 0 Å². The van der Waals surface area contributed by atoms with Crippen LogP contribution in [-0.4, -0.2) is 39.7 Å². The van der Waals surface area contributed by atoms with Gasteiger partial charge in [-0.25, -0.2) is 9.59 Å². The maximum atomic E-state index is 12.1. The van der Waals surface area contributed by atoms with E-state index in [0.29, 0.717) is 0 Å². The van der Waals surface area contributed by atoms with Crippen LogP contribution in [0.25, 0.3) is 0 Å². The molecule has 0 saturated carbocycles. The lowest BCUT2D eigenvalue weighted by molar-refractivity contribution is -0.384. The minimum atomic E-state index is -2.47. The van der Waals surface area contributed by atoms with Crippen molar-refractivity contribution in [1.82, 2.24) is 0 Å². The quantitative estimate of drug-likeness (QED) is 0.293. The lowest BCUT2D eigenvalue weighted by Crippen LogP contribution is -2.61. The number of rotatable bonds is 6. The molecule has 0 heterocycles. The maximum absolute atomic E-state index is 12.1. The van der Waals surface area contributed by atoms with E-state index in [0.717, 1.165) is 12.1 Å². The third kappa shape index (κ3) is 4.89. The van der Waals surface area contributed by atoms with Crippen LogP contribution < -0.4 is 11.1 Å². The fourth-order valence-corrected chi connectivity index (χ4v) is 1.75. The van der Waals surface area contributed by atoms with Crippen molar-refractivity contribution in [2.45, 2.75) is 31.9 Å². The molecule has 134 valence electrons. The topological polar surface area (TPSA) is 169 Å². The van der Waals surface area contributed by atoms with Crippen molar-refractivity contribution in [3.8, 4) is 6.07 Å². The second-order valence-corrected chi connectivity index (χ2v) is 6.23. The van der Waals surface area contributed by atoms with Gasteiger partial charge in [-0.2, -0.15) is 5.26 Å². The number of carboxylic acids is 1. The first-order valence-electron chi connectivity index (χ1n) is 7.09. The van der Waals surface area contributed by atoms with Gasteiger partial charge < -0.3 is 20.9 Å². The highest BCUT2D eigenvalue weighted by atomic mass is 16.6. The number of anilines is 1. The molecular weight excluding hydrogens is 332 g/mol. The van der Waals surface area contributed by atoms with Gasteiger partial charge in [0.2, 0.25) is 5.54 Å². The fourth-order valence-electron chi connectivity index (χ4n) is 1.75. The lowest BCUT2D eigenvalue weighted by atomic mass is 10.0. The second-order valence-electron chi connectivity index (χ2n) is 6.23. The molecule has 0 bridgehead atoms. The highest BCUT2D eigenvalue weighted by Crippen LogP contribution is 2.26. The van der Waals surface area contributed by atoms with Crippen LogP contribution in [-0.2, 0) is 14.3 Å². The number of carbonyl (C=O) groups is 2. The smallest absolute Gasteiger partial charge is 0.340 e. The number of aliphatic carboxylic acids is 1. The summed E-state index contributed by atoms with van der Waals surface area (Å²) in [7, 11) is 0. The Kier molecular flexibility index (Phi) is 5.67. The molecular formula is C15H18N4O6. The number of nitro groups is 1. The molecule has 0 saturated heterocycles. The van der Waals surface area contributed by atoms with Gasteiger partial charge in [0.1, 0.15) is 11.3 Å². The molecule has 10 heteroatoms. The number of carboxylic acid groups (broad SMARTS) is 1. The van der Waals surface area contributed by atoms with Crippen molar-refractivity contribution in [3.05, 3.63) is 33.9 Å². The van der Waals surface area contributed by atoms with Gasteiger partial charge in [0.25, 0.3) is 5.69 Å². The molecule has 1 aromatic rings. The Morgan fingerprint density at radius 1 is 1.44 bits per heavy atom. The Balaban J connectivity index is 3.14. The number of benzene rings is 1. The predicted octanol–water partition coefficient (Wildman–Crippen LogP) is 1.00. The summed E-state index contributed by atoms with van der Waals surface area (Å²) in [5.41, 5.74) is 1.81. The third-order valence-electron chi connectivity index (χ3n) is 3.02. The molecule has 0 aliphatic carbocycles. The predicted molar refractivity (Wildman–Crippen MR) is 86.7 cm³/mol. The molecule has 0 fully saturated rings. The zero-order chi connectivity index (χ0) is 19.4. The number of nitro benzene ring substituents is 1. The molecule has 0 aromatic heterocycles. The minimum absolute atomic E-state index is 0.114. The van der Waals surface area contributed by atoms with Crippen molar-refractivity contribution in [3.63, 3.8) is 0 Å². The zero-order valence-electron chi connectivity index (χ0n) is 13.9. The van der Waals surface area contributed by atoms with E-state index >= 15 is 0 Å². The Bertz CT molecular complexity index is 749. The summed E-state index contributed by atoms with van der Waals surface area (Å²) in [6.07, 6.45) is 0. The van der Waals surface area contributed by atoms with Crippen LogP contribution in [0.1, 0.15) is 26.3 Å². The van der Waals surface area contributed by atoms with Gasteiger partial charge in [-0.05, 0) is 32.9 Å². The largest absolute Gasteiger partial charge is 0.479 e. The van der Waals surface area contributed by atoms with E-state index < -0.39 is 40.2 Å². The second kappa shape index (κ2) is 7.14. The fraction of sp³-hybridized carbons (Fsp3) is 0.400. The molecule has 0 aliphatic rings. The van der Waals surface area contributed by atoms with E-state index in [1.165, 1.54) is 6.07 Å². The SMILES string of the molecule is CC(C)(C)OC(=O)[C@](N)(CNc1cc(C#N)ccc1[N+](=O)[O-])C(=O)O. The van der Waals surface area contributed by atoms with Crippen molar-refractivity contribution in [2.24, 2.45) is 5.73 Å². The van der Waals surface area contributed by atoms with E-state index in [-0.39, 0.29) is 11.3 Å². The zero-order valence-corrected chi connectivity index (χ0v) is 13.9. The van der Waals surface area contributed by atoms with Crippen molar-refractivity contribution in [1.29, 1.82) is 5.26 Å². The molecule has 0 unspecified atom stereocenters. The maximum Gasteiger partial charge on any atom is 0.340 e. The summed E-state index contributed by atoms with van der Waals surface area (Å²) in [4.78, 5) is 33.9. The number of ether oxygens (including phenoxy) is 1. The first-order chi connectivity index (χ1) is 11.4. The Labute approximate surface area is 143 Å². The number of nitriles is 1. The van der Waals surface area contributed by atoms with Crippen LogP contribution in [0.4, 0.5) is 11.4 Å². The molecule has 1 atom stereocenters. The van der Waals surface area contributed by atoms with Crippen LogP contribution in [0.15, 0.2) is 18.2 Å². The van der Waals surface area contributed by atoms with Crippen molar-refractivity contribution >= 4 is 23.3 Å². The van der Waals surface area contributed by atoms with Crippen molar-refractivity contribution in [2.75, 3.05) is 11.9 Å². The summed E-state index contributed by atoms with van der Waals surface area (Å²) in [5, 5.41) is 31.7. The molecule has 10 nitrogen and oxygen atoms in total. The average molecular weight is 350 g/mol. The number of nitrogens with one attached hydrogen (secondary N) is 1. The molecule has 25 heavy (non-hydrogen) atoms. The van der Waals surface area contributed by atoms with Gasteiger partial charge in [0.15, 0.2) is 0 Å². The monoisotopic (exact) mass is 350 g/mol. The average Bonchev–Trinajstić information content (AvgIpc) is 2.49. The molecule has 1 rings (SSSR count). The van der Waals surface area contributed by atoms with Gasteiger partial charge in [-0.3, -0.25) is 10.1 Å².